The Bertz CT molecular complexity index is 208. The summed E-state index contributed by atoms with van der Waals surface area (Å²) in [6, 6.07) is 0. The number of alkyl halides is 4. The standard InChI is InChI=1S/C4H6F3IO2S/c5-4(6,7)3-11(9,10)2-1-8/h1-3H2. The van der Waals surface area contributed by atoms with Crippen molar-refractivity contribution >= 4 is 32.4 Å². The molecule has 7 heteroatoms. The minimum absolute atomic E-state index is 0.191. The van der Waals surface area contributed by atoms with E-state index < -0.39 is 27.5 Å². The molecule has 0 aromatic heterocycles. The van der Waals surface area contributed by atoms with E-state index in [2.05, 4.69) is 0 Å². The van der Waals surface area contributed by atoms with Gasteiger partial charge in [0.25, 0.3) is 0 Å². The fourth-order valence-corrected chi connectivity index (χ4v) is 3.33. The molecule has 0 radical (unpaired) electrons. The molecule has 0 bridgehead atoms. The molecule has 0 aromatic carbocycles. The Morgan fingerprint density at radius 2 is 1.73 bits per heavy atom. The fourth-order valence-electron chi connectivity index (χ4n) is 0.439. The molecule has 0 aliphatic carbocycles. The lowest BCUT2D eigenvalue weighted by molar-refractivity contribution is -0.106. The first kappa shape index (κ1) is 11.5. The zero-order valence-corrected chi connectivity index (χ0v) is 8.33. The fraction of sp³-hybridized carbons (Fsp3) is 1.00. The molecule has 11 heavy (non-hydrogen) atoms. The van der Waals surface area contributed by atoms with E-state index in [0.29, 0.717) is 0 Å². The van der Waals surface area contributed by atoms with Gasteiger partial charge in [-0.25, -0.2) is 8.42 Å². The smallest absolute Gasteiger partial charge is 0.228 e. The van der Waals surface area contributed by atoms with Gasteiger partial charge in [0.1, 0.15) is 5.75 Å². The van der Waals surface area contributed by atoms with Gasteiger partial charge < -0.3 is 0 Å². The van der Waals surface area contributed by atoms with Crippen LogP contribution in [-0.2, 0) is 9.84 Å². The van der Waals surface area contributed by atoms with Crippen molar-refractivity contribution in [3.8, 4) is 0 Å². The highest BCUT2D eigenvalue weighted by molar-refractivity contribution is 14.1. The van der Waals surface area contributed by atoms with Crippen LogP contribution < -0.4 is 0 Å². The van der Waals surface area contributed by atoms with Gasteiger partial charge in [0.15, 0.2) is 9.84 Å². The third-order valence-electron chi connectivity index (χ3n) is 0.772. The molecule has 0 spiro atoms. The molecule has 0 rings (SSSR count). The van der Waals surface area contributed by atoms with Gasteiger partial charge in [-0.2, -0.15) is 13.2 Å². The van der Waals surface area contributed by atoms with Gasteiger partial charge in [-0.3, -0.25) is 0 Å². The van der Waals surface area contributed by atoms with Crippen LogP contribution in [0.3, 0.4) is 0 Å². The summed E-state index contributed by atoms with van der Waals surface area (Å²) >= 11 is 1.72. The predicted molar refractivity (Wildman–Crippen MR) is 43.6 cm³/mol. The van der Waals surface area contributed by atoms with Crippen molar-refractivity contribution in [3.05, 3.63) is 0 Å². The second kappa shape index (κ2) is 3.92. The zero-order valence-electron chi connectivity index (χ0n) is 5.36. The summed E-state index contributed by atoms with van der Waals surface area (Å²) in [5, 5.41) is 0. The van der Waals surface area contributed by atoms with Gasteiger partial charge in [-0.05, 0) is 0 Å². The summed E-state index contributed by atoms with van der Waals surface area (Å²) in [6.45, 7) is 0. The van der Waals surface area contributed by atoms with Crippen LogP contribution in [0.1, 0.15) is 0 Å². The summed E-state index contributed by atoms with van der Waals surface area (Å²) in [7, 11) is -3.92. The first-order valence-electron chi connectivity index (χ1n) is 2.60. The minimum atomic E-state index is -4.61. The summed E-state index contributed by atoms with van der Waals surface area (Å²) in [5.41, 5.74) is 0. The Morgan fingerprint density at radius 3 is 2.00 bits per heavy atom. The topological polar surface area (TPSA) is 34.1 Å². The predicted octanol–water partition coefficient (Wildman–Crippen LogP) is 1.40. The van der Waals surface area contributed by atoms with Crippen LogP contribution in [0.4, 0.5) is 13.2 Å². The third-order valence-corrected chi connectivity index (χ3v) is 3.64. The molecule has 68 valence electrons. The summed E-state index contributed by atoms with van der Waals surface area (Å²) in [4.78, 5) is 0. The Labute approximate surface area is 76.2 Å². The van der Waals surface area contributed by atoms with E-state index in [1.54, 1.807) is 22.6 Å². The lowest BCUT2D eigenvalue weighted by Gasteiger charge is -2.05. The first-order chi connectivity index (χ1) is 4.77. The molecule has 0 heterocycles. The van der Waals surface area contributed by atoms with E-state index in [9.17, 15) is 21.6 Å². The van der Waals surface area contributed by atoms with Gasteiger partial charge >= 0.3 is 6.18 Å². The summed E-state index contributed by atoms with van der Waals surface area (Å²) in [5.74, 6) is -2.12. The van der Waals surface area contributed by atoms with Crippen molar-refractivity contribution < 1.29 is 21.6 Å². The molecule has 0 unspecified atom stereocenters. The Morgan fingerprint density at radius 1 is 1.27 bits per heavy atom. The van der Waals surface area contributed by atoms with Crippen molar-refractivity contribution in [2.75, 3.05) is 15.9 Å². The van der Waals surface area contributed by atoms with E-state index in [-0.39, 0.29) is 4.43 Å². The number of rotatable bonds is 3. The van der Waals surface area contributed by atoms with Crippen molar-refractivity contribution in [3.63, 3.8) is 0 Å². The van der Waals surface area contributed by atoms with Crippen molar-refractivity contribution in [1.29, 1.82) is 0 Å². The van der Waals surface area contributed by atoms with Crippen molar-refractivity contribution in [2.24, 2.45) is 0 Å². The highest BCUT2D eigenvalue weighted by Crippen LogP contribution is 2.17. The largest absolute Gasteiger partial charge is 0.402 e. The molecule has 0 saturated heterocycles. The summed E-state index contributed by atoms with van der Waals surface area (Å²) in [6.07, 6.45) is -4.61. The van der Waals surface area contributed by atoms with Crippen LogP contribution in [0.5, 0.6) is 0 Å². The second-order valence-corrected chi connectivity index (χ2v) is 5.16. The van der Waals surface area contributed by atoms with Gasteiger partial charge in [-0.1, -0.05) is 22.6 Å². The number of hydrogen-bond acceptors (Lipinski definition) is 2. The lowest BCUT2D eigenvalue weighted by atomic mass is 10.8. The first-order valence-corrected chi connectivity index (χ1v) is 5.95. The molecular formula is C4H6F3IO2S. The van der Waals surface area contributed by atoms with Crippen LogP contribution in [0.15, 0.2) is 0 Å². The van der Waals surface area contributed by atoms with Crippen LogP contribution in [-0.4, -0.2) is 30.5 Å². The van der Waals surface area contributed by atoms with Gasteiger partial charge in [-0.15, -0.1) is 0 Å². The van der Waals surface area contributed by atoms with E-state index >= 15 is 0 Å². The maximum atomic E-state index is 11.5. The van der Waals surface area contributed by atoms with Crippen molar-refractivity contribution in [1.82, 2.24) is 0 Å². The SMILES string of the molecule is O=S(=O)(CCI)CC(F)(F)F. The van der Waals surface area contributed by atoms with E-state index in [4.69, 9.17) is 0 Å². The molecule has 0 fully saturated rings. The average Bonchev–Trinajstić information content (AvgIpc) is 1.55. The third kappa shape index (κ3) is 6.85. The van der Waals surface area contributed by atoms with E-state index in [1.807, 2.05) is 0 Å². The number of hydrogen-bond donors (Lipinski definition) is 0. The van der Waals surface area contributed by atoms with Gasteiger partial charge in [0, 0.05) is 4.43 Å². The normalized spacial score (nSPS) is 13.5. The Balaban J connectivity index is 4.15. The molecule has 0 atom stereocenters. The molecule has 0 aromatic rings. The molecule has 0 saturated carbocycles. The van der Waals surface area contributed by atoms with Crippen molar-refractivity contribution in [2.45, 2.75) is 6.18 Å². The Kier molecular flexibility index (Phi) is 4.09. The number of halogens is 4. The zero-order chi connectivity index (χ0) is 9.12. The van der Waals surface area contributed by atoms with Gasteiger partial charge in [0.2, 0.25) is 0 Å². The average molecular weight is 302 g/mol. The van der Waals surface area contributed by atoms with E-state index in [1.165, 1.54) is 0 Å². The van der Waals surface area contributed by atoms with Crippen LogP contribution >= 0.6 is 22.6 Å². The Hall–Kier alpha value is 0.470. The number of sulfone groups is 1. The quantitative estimate of drug-likeness (QED) is 0.583. The van der Waals surface area contributed by atoms with Crippen LogP contribution in [0.2, 0.25) is 0 Å². The monoisotopic (exact) mass is 302 g/mol. The van der Waals surface area contributed by atoms with Crippen LogP contribution in [0, 0.1) is 0 Å². The summed E-state index contributed by atoms with van der Waals surface area (Å²) < 4.78 is 55.7. The molecule has 0 aliphatic heterocycles. The molecule has 2 nitrogen and oxygen atoms in total. The van der Waals surface area contributed by atoms with E-state index in [0.717, 1.165) is 0 Å². The lowest BCUT2D eigenvalue weighted by Crippen LogP contribution is -2.25. The molecule has 0 amide bonds. The molecular weight excluding hydrogens is 296 g/mol. The minimum Gasteiger partial charge on any atom is -0.228 e. The highest BCUT2D eigenvalue weighted by Gasteiger charge is 2.34. The maximum absolute atomic E-state index is 11.5. The molecule has 0 aliphatic rings. The van der Waals surface area contributed by atoms with Gasteiger partial charge in [0.05, 0.1) is 5.75 Å². The maximum Gasteiger partial charge on any atom is 0.402 e. The highest BCUT2D eigenvalue weighted by atomic mass is 127. The molecule has 0 N–H and O–H groups in total. The van der Waals surface area contributed by atoms with Crippen LogP contribution in [0.25, 0.3) is 0 Å². The second-order valence-electron chi connectivity index (χ2n) is 1.90.